The molecule has 1 aliphatic heterocycles. The summed E-state index contributed by atoms with van der Waals surface area (Å²) in [4.78, 5) is 19.3. The lowest BCUT2D eigenvalue weighted by molar-refractivity contribution is -0.148. The predicted octanol–water partition coefficient (Wildman–Crippen LogP) is 0.964. The van der Waals surface area contributed by atoms with E-state index in [1.165, 1.54) is 16.2 Å². The second-order valence-corrected chi connectivity index (χ2v) is 5.79. The van der Waals surface area contributed by atoms with Crippen molar-refractivity contribution in [3.63, 3.8) is 0 Å². The molecule has 0 spiro atoms. The van der Waals surface area contributed by atoms with E-state index in [-0.39, 0.29) is 19.0 Å². The number of piperazine rings is 1. The van der Waals surface area contributed by atoms with Gasteiger partial charge in [0, 0.05) is 38.0 Å². The normalized spacial score (nSPS) is 17.2. The van der Waals surface area contributed by atoms with Gasteiger partial charge in [-0.15, -0.1) is 11.3 Å². The number of hydrogen-bond donors (Lipinski definition) is 1. The molecule has 0 unspecified atom stereocenters. The van der Waals surface area contributed by atoms with Crippen molar-refractivity contribution in [2.24, 2.45) is 5.73 Å². The van der Waals surface area contributed by atoms with Crippen LogP contribution in [0, 0.1) is 0 Å². The van der Waals surface area contributed by atoms with E-state index < -0.39 is 12.7 Å². The van der Waals surface area contributed by atoms with Crippen molar-refractivity contribution in [2.45, 2.75) is 12.6 Å². The molecule has 2 heterocycles. The van der Waals surface area contributed by atoms with Crippen LogP contribution in [0.25, 0.3) is 0 Å². The summed E-state index contributed by atoms with van der Waals surface area (Å²) in [5.41, 5.74) is 5.78. The van der Waals surface area contributed by atoms with Crippen molar-refractivity contribution in [1.82, 2.24) is 14.8 Å². The molecule has 1 aliphatic rings. The quantitative estimate of drug-likeness (QED) is 0.897. The largest absolute Gasteiger partial charge is 0.401 e. The Morgan fingerprint density at radius 2 is 2.00 bits per heavy atom. The highest BCUT2D eigenvalue weighted by Gasteiger charge is 2.33. The van der Waals surface area contributed by atoms with E-state index in [4.69, 9.17) is 5.73 Å². The fourth-order valence-corrected chi connectivity index (χ4v) is 2.96. The molecular weight excluding hydrogens is 305 g/mol. The zero-order valence-electron chi connectivity index (χ0n) is 11.4. The number of aromatic nitrogens is 1. The van der Waals surface area contributed by atoms with E-state index >= 15 is 0 Å². The number of carbonyl (C=O) groups is 1. The molecule has 0 aromatic carbocycles. The van der Waals surface area contributed by atoms with E-state index in [9.17, 15) is 18.0 Å². The zero-order valence-corrected chi connectivity index (χ0v) is 12.2. The molecule has 2 N–H and O–H groups in total. The number of thiazole rings is 1. The van der Waals surface area contributed by atoms with Gasteiger partial charge in [-0.05, 0) is 6.54 Å². The first-order chi connectivity index (χ1) is 9.89. The number of carbonyl (C=O) groups excluding carboxylic acids is 1. The average Bonchev–Trinajstić information content (AvgIpc) is 2.86. The maximum absolute atomic E-state index is 12.3. The third-order valence-electron chi connectivity index (χ3n) is 3.19. The van der Waals surface area contributed by atoms with Crippen LogP contribution < -0.4 is 5.73 Å². The number of rotatable bonds is 4. The van der Waals surface area contributed by atoms with Gasteiger partial charge in [0.25, 0.3) is 5.91 Å². The van der Waals surface area contributed by atoms with Gasteiger partial charge in [-0.1, -0.05) is 0 Å². The van der Waals surface area contributed by atoms with Gasteiger partial charge in [-0.2, -0.15) is 13.2 Å². The summed E-state index contributed by atoms with van der Waals surface area (Å²) in [6.07, 6.45) is -3.57. The molecule has 0 saturated carbocycles. The molecule has 1 aromatic rings. The Morgan fingerprint density at radius 3 is 2.57 bits per heavy atom. The van der Waals surface area contributed by atoms with Gasteiger partial charge >= 0.3 is 6.18 Å². The Hall–Kier alpha value is -1.19. The standard InChI is InChI=1S/C12H17F3N4OS/c13-12(14,15)8-18-3-5-19(6-4-18)11(20)9-7-21-10(17-9)1-2-16/h7H,1-6,8,16H2. The molecule has 1 fully saturated rings. The number of amides is 1. The fourth-order valence-electron chi connectivity index (χ4n) is 2.17. The average molecular weight is 322 g/mol. The molecule has 1 aromatic heterocycles. The summed E-state index contributed by atoms with van der Waals surface area (Å²) in [6.45, 7) is 0.580. The first-order valence-corrected chi connectivity index (χ1v) is 7.50. The summed E-state index contributed by atoms with van der Waals surface area (Å²) in [5.74, 6) is -0.221. The predicted molar refractivity (Wildman–Crippen MR) is 73.3 cm³/mol. The highest BCUT2D eigenvalue weighted by molar-refractivity contribution is 7.09. The minimum atomic E-state index is -4.20. The third-order valence-corrected chi connectivity index (χ3v) is 4.10. The molecule has 0 atom stereocenters. The summed E-state index contributed by atoms with van der Waals surface area (Å²) >= 11 is 1.38. The molecule has 5 nitrogen and oxygen atoms in total. The van der Waals surface area contributed by atoms with E-state index in [1.54, 1.807) is 10.3 Å². The highest BCUT2D eigenvalue weighted by atomic mass is 32.1. The molecule has 1 saturated heterocycles. The van der Waals surface area contributed by atoms with Gasteiger partial charge in [0.1, 0.15) is 5.69 Å². The molecule has 1 amide bonds. The third kappa shape index (κ3) is 4.65. The van der Waals surface area contributed by atoms with Gasteiger partial charge in [-0.3, -0.25) is 9.69 Å². The van der Waals surface area contributed by atoms with Crippen LogP contribution in [0.15, 0.2) is 5.38 Å². The smallest absolute Gasteiger partial charge is 0.335 e. The molecule has 118 valence electrons. The molecular formula is C12H17F3N4OS. The monoisotopic (exact) mass is 322 g/mol. The van der Waals surface area contributed by atoms with Crippen LogP contribution in [0.5, 0.6) is 0 Å². The van der Waals surface area contributed by atoms with E-state index in [0.717, 1.165) is 5.01 Å². The topological polar surface area (TPSA) is 62.5 Å². The summed E-state index contributed by atoms with van der Waals surface area (Å²) in [5, 5.41) is 2.48. The molecule has 0 bridgehead atoms. The van der Waals surface area contributed by atoms with Gasteiger partial charge in [0.2, 0.25) is 0 Å². The van der Waals surface area contributed by atoms with E-state index in [2.05, 4.69) is 4.98 Å². The first-order valence-electron chi connectivity index (χ1n) is 6.62. The van der Waals surface area contributed by atoms with Crippen LogP contribution in [0.2, 0.25) is 0 Å². The Bertz CT molecular complexity index is 483. The Morgan fingerprint density at radius 1 is 1.33 bits per heavy atom. The molecule has 2 rings (SSSR count). The molecule has 0 radical (unpaired) electrons. The Balaban J connectivity index is 1.87. The van der Waals surface area contributed by atoms with Crippen LogP contribution in [-0.4, -0.2) is 66.1 Å². The van der Waals surface area contributed by atoms with Crippen LogP contribution in [0.1, 0.15) is 15.5 Å². The van der Waals surface area contributed by atoms with Gasteiger partial charge in [0.15, 0.2) is 0 Å². The number of alkyl halides is 3. The van der Waals surface area contributed by atoms with Crippen molar-refractivity contribution < 1.29 is 18.0 Å². The lowest BCUT2D eigenvalue weighted by Crippen LogP contribution is -2.51. The van der Waals surface area contributed by atoms with Crippen LogP contribution in [0.3, 0.4) is 0 Å². The number of nitrogens with zero attached hydrogens (tertiary/aromatic N) is 3. The summed E-state index contributed by atoms with van der Waals surface area (Å²) in [6, 6.07) is 0. The maximum Gasteiger partial charge on any atom is 0.401 e. The van der Waals surface area contributed by atoms with E-state index in [1.807, 2.05) is 0 Å². The molecule has 21 heavy (non-hydrogen) atoms. The number of hydrogen-bond acceptors (Lipinski definition) is 5. The second-order valence-electron chi connectivity index (χ2n) is 4.85. The van der Waals surface area contributed by atoms with Crippen molar-refractivity contribution in [3.8, 4) is 0 Å². The second kappa shape index (κ2) is 6.71. The number of nitrogens with two attached hydrogens (primary N) is 1. The fraction of sp³-hybridized carbons (Fsp3) is 0.667. The lowest BCUT2D eigenvalue weighted by atomic mass is 10.3. The molecule has 9 heteroatoms. The SMILES string of the molecule is NCCc1nc(C(=O)N2CCN(CC(F)(F)F)CC2)cs1. The zero-order chi connectivity index (χ0) is 15.5. The van der Waals surface area contributed by atoms with Crippen LogP contribution >= 0.6 is 11.3 Å². The Kier molecular flexibility index (Phi) is 5.17. The van der Waals surface area contributed by atoms with Crippen LogP contribution in [-0.2, 0) is 6.42 Å². The summed E-state index contributed by atoms with van der Waals surface area (Å²) < 4.78 is 36.9. The number of halogens is 3. The van der Waals surface area contributed by atoms with Crippen LogP contribution in [0.4, 0.5) is 13.2 Å². The summed E-state index contributed by atoms with van der Waals surface area (Å²) in [7, 11) is 0. The van der Waals surface area contributed by atoms with Gasteiger partial charge in [-0.25, -0.2) is 4.98 Å². The van der Waals surface area contributed by atoms with Crippen molar-refractivity contribution >= 4 is 17.2 Å². The highest BCUT2D eigenvalue weighted by Crippen LogP contribution is 2.18. The van der Waals surface area contributed by atoms with Gasteiger partial charge < -0.3 is 10.6 Å². The first kappa shape index (κ1) is 16.2. The van der Waals surface area contributed by atoms with Crippen molar-refractivity contribution in [2.75, 3.05) is 39.3 Å². The van der Waals surface area contributed by atoms with Gasteiger partial charge in [0.05, 0.1) is 11.6 Å². The van der Waals surface area contributed by atoms with Crippen molar-refractivity contribution in [3.05, 3.63) is 16.1 Å². The maximum atomic E-state index is 12.3. The minimum absolute atomic E-state index is 0.221. The Labute approximate surface area is 124 Å². The van der Waals surface area contributed by atoms with Crippen molar-refractivity contribution in [1.29, 1.82) is 0 Å². The minimum Gasteiger partial charge on any atom is -0.335 e. The molecule has 0 aliphatic carbocycles. The lowest BCUT2D eigenvalue weighted by Gasteiger charge is -2.34. The van der Waals surface area contributed by atoms with E-state index in [0.29, 0.717) is 31.7 Å².